The Hall–Kier alpha value is -1.84. The number of halogens is 2. The molecule has 2 aromatic rings. The molecule has 0 unspecified atom stereocenters. The first-order chi connectivity index (χ1) is 11.1. The van der Waals surface area contributed by atoms with E-state index in [0.29, 0.717) is 12.5 Å². The highest BCUT2D eigenvalue weighted by atomic mass is 127. The standard InChI is InChI=1S/C16H21FN6.HI/c1-21-7-6-14(20-21)12-19-16(18)23-10-8-22(9-11-23)15-4-2-13(17)3-5-15;/h2-7H,8-12H2,1H3,(H2,18,19);1H. The summed E-state index contributed by atoms with van der Waals surface area (Å²) in [7, 11) is 1.88. The lowest BCUT2D eigenvalue weighted by Crippen LogP contribution is -2.51. The predicted molar refractivity (Wildman–Crippen MR) is 104 cm³/mol. The topological polar surface area (TPSA) is 62.7 Å². The van der Waals surface area contributed by atoms with Gasteiger partial charge in [-0.15, -0.1) is 24.0 Å². The van der Waals surface area contributed by atoms with Gasteiger partial charge in [0.15, 0.2) is 5.96 Å². The Kier molecular flexibility index (Phi) is 6.41. The van der Waals surface area contributed by atoms with Crippen LogP contribution in [0.5, 0.6) is 0 Å². The van der Waals surface area contributed by atoms with Gasteiger partial charge in [0, 0.05) is 45.1 Å². The maximum Gasteiger partial charge on any atom is 0.191 e. The van der Waals surface area contributed by atoms with Crippen molar-refractivity contribution in [2.45, 2.75) is 6.54 Å². The summed E-state index contributed by atoms with van der Waals surface area (Å²) in [6.45, 7) is 3.77. The molecule has 1 fully saturated rings. The molecule has 1 aromatic carbocycles. The molecule has 1 saturated heterocycles. The highest BCUT2D eigenvalue weighted by molar-refractivity contribution is 14.0. The minimum absolute atomic E-state index is 0. The van der Waals surface area contributed by atoms with Crippen LogP contribution in [0.4, 0.5) is 10.1 Å². The summed E-state index contributed by atoms with van der Waals surface area (Å²) in [4.78, 5) is 8.71. The second-order valence-corrected chi connectivity index (χ2v) is 5.61. The van der Waals surface area contributed by atoms with E-state index in [0.717, 1.165) is 37.6 Å². The van der Waals surface area contributed by atoms with Crippen molar-refractivity contribution in [3.05, 3.63) is 48.0 Å². The van der Waals surface area contributed by atoms with Crippen molar-refractivity contribution < 1.29 is 4.39 Å². The van der Waals surface area contributed by atoms with Crippen LogP contribution in [0, 0.1) is 5.82 Å². The number of aliphatic imine (C=N–C) groups is 1. The van der Waals surface area contributed by atoms with Crippen LogP contribution < -0.4 is 10.6 Å². The third-order valence-corrected chi connectivity index (χ3v) is 3.97. The highest BCUT2D eigenvalue weighted by Gasteiger charge is 2.18. The van der Waals surface area contributed by atoms with Gasteiger partial charge in [0.05, 0.1) is 12.2 Å². The van der Waals surface area contributed by atoms with Crippen LogP contribution in [0.1, 0.15) is 5.69 Å². The van der Waals surface area contributed by atoms with Crippen molar-refractivity contribution in [1.82, 2.24) is 14.7 Å². The number of nitrogens with zero attached hydrogens (tertiary/aromatic N) is 5. The van der Waals surface area contributed by atoms with Gasteiger partial charge in [0.25, 0.3) is 0 Å². The second kappa shape index (κ2) is 8.32. The maximum atomic E-state index is 13.0. The van der Waals surface area contributed by atoms with Crippen LogP contribution in [0.15, 0.2) is 41.5 Å². The zero-order valence-corrected chi connectivity index (χ0v) is 15.9. The number of piperazine rings is 1. The first-order valence-electron chi connectivity index (χ1n) is 7.66. The third kappa shape index (κ3) is 4.59. The number of benzene rings is 1. The molecule has 1 aromatic heterocycles. The smallest absolute Gasteiger partial charge is 0.191 e. The molecule has 0 saturated carbocycles. The quantitative estimate of drug-likeness (QED) is 0.446. The molecule has 3 rings (SSSR count). The number of aromatic nitrogens is 2. The van der Waals surface area contributed by atoms with Crippen molar-refractivity contribution in [3.8, 4) is 0 Å². The van der Waals surface area contributed by atoms with Gasteiger partial charge in [-0.25, -0.2) is 9.38 Å². The van der Waals surface area contributed by atoms with Gasteiger partial charge in [0.2, 0.25) is 0 Å². The number of hydrogen-bond acceptors (Lipinski definition) is 3. The molecule has 2 N–H and O–H groups in total. The molecule has 0 aliphatic carbocycles. The van der Waals surface area contributed by atoms with E-state index in [1.54, 1.807) is 4.68 Å². The molecule has 0 radical (unpaired) electrons. The summed E-state index contributed by atoms with van der Waals surface area (Å²) in [5.41, 5.74) is 8.02. The van der Waals surface area contributed by atoms with E-state index >= 15 is 0 Å². The van der Waals surface area contributed by atoms with E-state index in [2.05, 4.69) is 19.9 Å². The molecular weight excluding hydrogens is 422 g/mol. The molecule has 8 heteroatoms. The predicted octanol–water partition coefficient (Wildman–Crippen LogP) is 1.81. The first kappa shape index (κ1) is 18.5. The van der Waals surface area contributed by atoms with Crippen LogP contribution in [-0.2, 0) is 13.6 Å². The van der Waals surface area contributed by atoms with E-state index in [4.69, 9.17) is 5.73 Å². The second-order valence-electron chi connectivity index (χ2n) is 5.61. The molecule has 1 aliphatic heterocycles. The number of guanidine groups is 1. The molecule has 0 spiro atoms. The number of aryl methyl sites for hydroxylation is 1. The van der Waals surface area contributed by atoms with E-state index in [1.165, 1.54) is 12.1 Å². The van der Waals surface area contributed by atoms with Gasteiger partial charge in [-0.1, -0.05) is 0 Å². The zero-order chi connectivity index (χ0) is 16.2. The van der Waals surface area contributed by atoms with Crippen molar-refractivity contribution in [2.75, 3.05) is 31.1 Å². The van der Waals surface area contributed by atoms with Crippen LogP contribution in [0.2, 0.25) is 0 Å². The lowest BCUT2D eigenvalue weighted by Gasteiger charge is -2.36. The normalized spacial score (nSPS) is 15.3. The monoisotopic (exact) mass is 444 g/mol. The highest BCUT2D eigenvalue weighted by Crippen LogP contribution is 2.16. The molecule has 0 amide bonds. The largest absolute Gasteiger partial charge is 0.370 e. The van der Waals surface area contributed by atoms with Crippen molar-refractivity contribution in [3.63, 3.8) is 0 Å². The zero-order valence-electron chi connectivity index (χ0n) is 13.6. The number of rotatable bonds is 3. The van der Waals surface area contributed by atoms with Gasteiger partial charge in [-0.3, -0.25) is 4.68 Å². The summed E-state index contributed by atoms with van der Waals surface area (Å²) in [5.74, 6) is 0.340. The van der Waals surface area contributed by atoms with E-state index in [1.807, 2.05) is 31.4 Å². The Bertz CT molecular complexity index is 676. The SMILES string of the molecule is Cn1ccc(CN=C(N)N2CCN(c3ccc(F)cc3)CC2)n1.I. The van der Waals surface area contributed by atoms with Gasteiger partial charge in [0.1, 0.15) is 5.82 Å². The Morgan fingerprint density at radius 3 is 2.42 bits per heavy atom. The molecule has 6 nitrogen and oxygen atoms in total. The van der Waals surface area contributed by atoms with E-state index in [9.17, 15) is 4.39 Å². The van der Waals surface area contributed by atoms with Crippen LogP contribution in [-0.4, -0.2) is 46.8 Å². The Morgan fingerprint density at radius 1 is 1.17 bits per heavy atom. The maximum absolute atomic E-state index is 13.0. The number of nitrogens with two attached hydrogens (primary N) is 1. The number of hydrogen-bond donors (Lipinski definition) is 1. The third-order valence-electron chi connectivity index (χ3n) is 3.97. The van der Waals surface area contributed by atoms with Crippen molar-refractivity contribution in [2.24, 2.45) is 17.8 Å². The summed E-state index contributed by atoms with van der Waals surface area (Å²) >= 11 is 0. The Morgan fingerprint density at radius 2 is 1.83 bits per heavy atom. The Labute approximate surface area is 158 Å². The van der Waals surface area contributed by atoms with Gasteiger partial charge in [-0.2, -0.15) is 5.10 Å². The fraction of sp³-hybridized carbons (Fsp3) is 0.375. The van der Waals surface area contributed by atoms with E-state index < -0.39 is 0 Å². The molecular formula is C16H22FIN6. The fourth-order valence-corrected chi connectivity index (χ4v) is 2.66. The van der Waals surface area contributed by atoms with Crippen molar-refractivity contribution >= 4 is 35.6 Å². The van der Waals surface area contributed by atoms with Gasteiger partial charge >= 0.3 is 0 Å². The van der Waals surface area contributed by atoms with Gasteiger partial charge < -0.3 is 15.5 Å². The first-order valence-corrected chi connectivity index (χ1v) is 7.66. The average molecular weight is 444 g/mol. The average Bonchev–Trinajstić information content (AvgIpc) is 2.99. The summed E-state index contributed by atoms with van der Waals surface area (Å²) in [6, 6.07) is 8.53. The minimum atomic E-state index is -0.210. The van der Waals surface area contributed by atoms with E-state index in [-0.39, 0.29) is 29.8 Å². The molecule has 0 bridgehead atoms. The number of anilines is 1. The summed E-state index contributed by atoms with van der Waals surface area (Å²) in [6.07, 6.45) is 1.89. The summed E-state index contributed by atoms with van der Waals surface area (Å²) in [5, 5.41) is 4.28. The van der Waals surface area contributed by atoms with Crippen LogP contribution in [0.25, 0.3) is 0 Å². The lowest BCUT2D eigenvalue weighted by atomic mass is 10.2. The fourth-order valence-electron chi connectivity index (χ4n) is 2.66. The van der Waals surface area contributed by atoms with Gasteiger partial charge in [-0.05, 0) is 30.3 Å². The lowest BCUT2D eigenvalue weighted by molar-refractivity contribution is 0.380. The molecule has 24 heavy (non-hydrogen) atoms. The van der Waals surface area contributed by atoms with Crippen LogP contribution >= 0.6 is 24.0 Å². The molecule has 0 atom stereocenters. The Balaban J connectivity index is 0.00000208. The molecule has 130 valence electrons. The summed E-state index contributed by atoms with van der Waals surface area (Å²) < 4.78 is 14.7. The van der Waals surface area contributed by atoms with Crippen molar-refractivity contribution in [1.29, 1.82) is 0 Å². The molecule has 2 heterocycles. The minimum Gasteiger partial charge on any atom is -0.370 e. The molecule has 1 aliphatic rings. The van der Waals surface area contributed by atoms with Crippen LogP contribution in [0.3, 0.4) is 0 Å².